The highest BCUT2D eigenvalue weighted by molar-refractivity contribution is 6.32. The van der Waals surface area contributed by atoms with Crippen molar-refractivity contribution in [2.24, 2.45) is 0 Å². The third-order valence-corrected chi connectivity index (χ3v) is 7.49. The third kappa shape index (κ3) is 5.95. The molecule has 5 heterocycles. The second kappa shape index (κ2) is 13.0. The summed E-state index contributed by atoms with van der Waals surface area (Å²) < 4.78 is 12.9. The van der Waals surface area contributed by atoms with E-state index < -0.39 is 0 Å². The Kier molecular flexibility index (Phi) is 9.68. The summed E-state index contributed by atoms with van der Waals surface area (Å²) in [5.74, 6) is 3.04. The van der Waals surface area contributed by atoms with Gasteiger partial charge < -0.3 is 33.9 Å². The van der Waals surface area contributed by atoms with Crippen LogP contribution in [0.25, 0.3) is 16.9 Å². The first-order chi connectivity index (χ1) is 18.6. The van der Waals surface area contributed by atoms with E-state index >= 15 is 0 Å². The average Bonchev–Trinajstić information content (AvgIpc) is 3.41. The van der Waals surface area contributed by atoms with Crippen molar-refractivity contribution in [1.29, 1.82) is 0 Å². The van der Waals surface area contributed by atoms with Crippen molar-refractivity contribution < 1.29 is 9.47 Å². The number of nitrogens with zero attached hydrogens (tertiary/aromatic N) is 7. The summed E-state index contributed by atoms with van der Waals surface area (Å²) >= 11 is 6.40. The van der Waals surface area contributed by atoms with Crippen molar-refractivity contribution >= 4 is 59.5 Å². The summed E-state index contributed by atoms with van der Waals surface area (Å²) in [6.45, 7) is 7.40. The minimum atomic E-state index is 0. The molecule has 4 aromatic rings. The Hall–Kier alpha value is -3.18. The van der Waals surface area contributed by atoms with Crippen LogP contribution in [-0.4, -0.2) is 85.9 Å². The smallest absolute Gasteiger partial charge is 0.227 e. The number of aromatic nitrogens is 4. The van der Waals surface area contributed by atoms with E-state index in [1.165, 1.54) is 0 Å². The number of benzene rings is 1. The third-order valence-electron chi connectivity index (χ3n) is 7.19. The number of rotatable bonds is 6. The fraction of sp³-hybridized carbons (Fsp3) is 0.370. The summed E-state index contributed by atoms with van der Waals surface area (Å²) in [6.07, 6.45) is 5.91. The highest BCUT2D eigenvalue weighted by Crippen LogP contribution is 2.38. The lowest BCUT2D eigenvalue weighted by molar-refractivity contribution is 0.395. The fourth-order valence-electron chi connectivity index (χ4n) is 5.08. The Labute approximate surface area is 251 Å². The van der Waals surface area contributed by atoms with Gasteiger partial charge in [-0.15, -0.1) is 24.8 Å². The molecule has 0 spiro atoms. The van der Waals surface area contributed by atoms with Crippen LogP contribution in [0, 0.1) is 0 Å². The monoisotopic (exact) mass is 606 g/mol. The van der Waals surface area contributed by atoms with Crippen molar-refractivity contribution in [3.8, 4) is 22.8 Å². The zero-order chi connectivity index (χ0) is 26.1. The van der Waals surface area contributed by atoms with Gasteiger partial charge in [0.1, 0.15) is 23.0 Å². The van der Waals surface area contributed by atoms with Crippen LogP contribution in [0.2, 0.25) is 5.02 Å². The molecule has 1 N–H and O–H groups in total. The SMILES string of the molecule is COc1cc(OC)c(-c2cn3ccc(N4CCN(c5nccc(N6CCNCC6)n5)CC4)cc3n2)cc1Cl.Cl.Cl. The maximum absolute atomic E-state index is 6.40. The maximum atomic E-state index is 6.40. The van der Waals surface area contributed by atoms with Gasteiger partial charge in [0.2, 0.25) is 5.95 Å². The normalized spacial score (nSPS) is 15.4. The molecule has 0 saturated carbocycles. The lowest BCUT2D eigenvalue weighted by atomic mass is 10.1. The number of piperazine rings is 2. The molecule has 10 nitrogen and oxygen atoms in total. The number of methoxy groups -OCH3 is 2. The number of ether oxygens (including phenoxy) is 2. The van der Waals surface area contributed by atoms with Crippen molar-refractivity contribution in [2.75, 3.05) is 81.3 Å². The Balaban J connectivity index is 0.00000185. The molecule has 0 unspecified atom stereocenters. The summed E-state index contributed by atoms with van der Waals surface area (Å²) in [5, 5.41) is 3.91. The van der Waals surface area contributed by atoms with Gasteiger partial charge in [-0.25, -0.2) is 9.97 Å². The predicted molar refractivity (Wildman–Crippen MR) is 165 cm³/mol. The molecule has 2 saturated heterocycles. The van der Waals surface area contributed by atoms with Crippen LogP contribution in [0.3, 0.4) is 0 Å². The average molecular weight is 608 g/mol. The second-order valence-electron chi connectivity index (χ2n) is 9.39. The molecule has 2 fully saturated rings. The summed E-state index contributed by atoms with van der Waals surface area (Å²) in [7, 11) is 3.22. The van der Waals surface area contributed by atoms with Gasteiger partial charge in [0.15, 0.2) is 0 Å². The molecule has 214 valence electrons. The van der Waals surface area contributed by atoms with E-state index in [1.807, 2.05) is 35.1 Å². The largest absolute Gasteiger partial charge is 0.496 e. The zero-order valence-corrected chi connectivity index (χ0v) is 24.8. The summed E-state index contributed by atoms with van der Waals surface area (Å²) in [6, 6.07) is 9.89. The first-order valence-electron chi connectivity index (χ1n) is 12.8. The van der Waals surface area contributed by atoms with E-state index in [-0.39, 0.29) is 24.8 Å². The first-order valence-corrected chi connectivity index (χ1v) is 13.2. The van der Waals surface area contributed by atoms with Crippen LogP contribution in [0.15, 0.2) is 48.9 Å². The van der Waals surface area contributed by atoms with Crippen molar-refractivity contribution in [3.63, 3.8) is 0 Å². The molecule has 1 aromatic carbocycles. The first kappa shape index (κ1) is 29.8. The fourth-order valence-corrected chi connectivity index (χ4v) is 5.32. The standard InChI is InChI=1S/C27H31ClN8O2.2ClH/c1-37-23-17-24(38-2)21(28)16-20(23)22-18-36-8-4-19(15-26(36)31-22)33-11-13-35(14-12-33)27-30-5-3-25(32-27)34-9-6-29-7-10-34;;/h3-5,8,15-18,29H,6-7,9-14H2,1-2H3;2*1H. The van der Waals surface area contributed by atoms with E-state index in [2.05, 4.69) is 37.1 Å². The zero-order valence-electron chi connectivity index (χ0n) is 22.4. The van der Waals surface area contributed by atoms with E-state index in [9.17, 15) is 0 Å². The lowest BCUT2D eigenvalue weighted by Crippen LogP contribution is -2.47. The molecule has 0 bridgehead atoms. The van der Waals surface area contributed by atoms with Crippen molar-refractivity contribution in [3.05, 3.63) is 53.9 Å². The molecule has 2 aliphatic rings. The highest BCUT2D eigenvalue weighted by Gasteiger charge is 2.22. The molecular formula is C27H33Cl3N8O2. The van der Waals surface area contributed by atoms with Gasteiger partial charge in [0, 0.05) is 94.3 Å². The van der Waals surface area contributed by atoms with Gasteiger partial charge in [0.25, 0.3) is 0 Å². The van der Waals surface area contributed by atoms with Gasteiger partial charge in [0.05, 0.1) is 24.9 Å². The van der Waals surface area contributed by atoms with E-state index in [0.29, 0.717) is 16.5 Å². The van der Waals surface area contributed by atoms with E-state index in [4.69, 9.17) is 31.0 Å². The van der Waals surface area contributed by atoms with Gasteiger partial charge in [-0.1, -0.05) is 11.6 Å². The molecule has 0 aliphatic carbocycles. The van der Waals surface area contributed by atoms with Gasteiger partial charge in [-0.05, 0) is 18.2 Å². The van der Waals surface area contributed by atoms with Crippen molar-refractivity contribution in [2.45, 2.75) is 0 Å². The Morgan fingerprint density at radius 2 is 1.55 bits per heavy atom. The lowest BCUT2D eigenvalue weighted by Gasteiger charge is -2.36. The Morgan fingerprint density at radius 3 is 2.27 bits per heavy atom. The molecule has 40 heavy (non-hydrogen) atoms. The summed E-state index contributed by atoms with van der Waals surface area (Å²) in [5.41, 5.74) is 3.61. The molecule has 13 heteroatoms. The molecular weight excluding hydrogens is 575 g/mol. The van der Waals surface area contributed by atoms with Crippen LogP contribution in [0.5, 0.6) is 11.5 Å². The quantitative estimate of drug-likeness (QED) is 0.349. The minimum Gasteiger partial charge on any atom is -0.496 e. The van der Waals surface area contributed by atoms with Gasteiger partial charge in [-0.3, -0.25) is 0 Å². The van der Waals surface area contributed by atoms with Crippen LogP contribution in [0.4, 0.5) is 17.5 Å². The van der Waals surface area contributed by atoms with Crippen LogP contribution >= 0.6 is 36.4 Å². The van der Waals surface area contributed by atoms with Gasteiger partial charge >= 0.3 is 0 Å². The molecule has 3 aromatic heterocycles. The molecule has 6 rings (SSSR count). The minimum absolute atomic E-state index is 0. The van der Waals surface area contributed by atoms with E-state index in [1.54, 1.807) is 20.3 Å². The van der Waals surface area contributed by atoms with Gasteiger partial charge in [-0.2, -0.15) is 4.98 Å². The number of nitrogens with one attached hydrogen (secondary N) is 1. The predicted octanol–water partition coefficient (Wildman–Crippen LogP) is 4.04. The number of hydrogen-bond acceptors (Lipinski definition) is 9. The topological polar surface area (TPSA) is 83.3 Å². The molecule has 0 atom stereocenters. The Bertz CT molecular complexity index is 1440. The number of anilines is 3. The molecule has 0 amide bonds. The second-order valence-corrected chi connectivity index (χ2v) is 9.80. The number of halogens is 3. The van der Waals surface area contributed by atoms with Crippen LogP contribution in [-0.2, 0) is 0 Å². The number of hydrogen-bond donors (Lipinski definition) is 1. The maximum Gasteiger partial charge on any atom is 0.227 e. The summed E-state index contributed by atoms with van der Waals surface area (Å²) in [4.78, 5) is 21.3. The molecule has 0 radical (unpaired) electrons. The van der Waals surface area contributed by atoms with Crippen LogP contribution < -0.4 is 29.5 Å². The highest BCUT2D eigenvalue weighted by atomic mass is 35.5. The van der Waals surface area contributed by atoms with Crippen molar-refractivity contribution in [1.82, 2.24) is 24.7 Å². The van der Waals surface area contributed by atoms with Crippen LogP contribution in [0.1, 0.15) is 0 Å². The Morgan fingerprint density at radius 1 is 0.825 bits per heavy atom. The number of fused-ring (bicyclic) bond motifs is 1. The van der Waals surface area contributed by atoms with E-state index in [0.717, 1.165) is 86.7 Å². The number of imidazole rings is 1. The number of pyridine rings is 1. The molecule has 2 aliphatic heterocycles.